The van der Waals surface area contributed by atoms with Crippen molar-refractivity contribution in [3.05, 3.63) is 94.3 Å². The van der Waals surface area contributed by atoms with Crippen LogP contribution in [0.15, 0.2) is 54.7 Å². The molecule has 0 atom stereocenters. The zero-order valence-corrected chi connectivity index (χ0v) is 21.2. The lowest BCUT2D eigenvalue weighted by atomic mass is 9.99. The van der Waals surface area contributed by atoms with Gasteiger partial charge in [0.1, 0.15) is 11.6 Å². The molecular formula is C29H31F4N3O. The minimum absolute atomic E-state index is 0.253. The number of carbonyl (C=O) groups excluding carboxylic acids is 1. The van der Waals surface area contributed by atoms with Crippen molar-refractivity contribution >= 4 is 23.9 Å². The summed E-state index contributed by atoms with van der Waals surface area (Å²) in [5.41, 5.74) is 1.89. The number of carbonyl (C=O) groups is 1. The zero-order chi connectivity index (χ0) is 27.0. The summed E-state index contributed by atoms with van der Waals surface area (Å²) in [5, 5.41) is 2.39. The molecule has 0 aliphatic rings. The fourth-order valence-electron chi connectivity index (χ4n) is 4.08. The zero-order valence-electron chi connectivity index (χ0n) is 21.2. The maximum atomic E-state index is 13.7. The summed E-state index contributed by atoms with van der Waals surface area (Å²) in [6, 6.07) is 7.16. The van der Waals surface area contributed by atoms with Gasteiger partial charge in [-0.3, -0.25) is 4.79 Å². The Morgan fingerprint density at radius 2 is 1.89 bits per heavy atom. The minimum atomic E-state index is -4.72. The van der Waals surface area contributed by atoms with Gasteiger partial charge < -0.3 is 9.88 Å². The summed E-state index contributed by atoms with van der Waals surface area (Å²) in [6.07, 6.45) is 9.26. The highest BCUT2D eigenvalue weighted by Crippen LogP contribution is 2.32. The quantitative estimate of drug-likeness (QED) is 0.280. The largest absolute Gasteiger partial charge is 0.416 e. The van der Waals surface area contributed by atoms with Crippen LogP contribution in [0, 0.1) is 5.82 Å². The van der Waals surface area contributed by atoms with Crippen LogP contribution in [-0.2, 0) is 25.4 Å². The van der Waals surface area contributed by atoms with Crippen molar-refractivity contribution in [3.63, 3.8) is 0 Å². The first-order valence-corrected chi connectivity index (χ1v) is 12.3. The van der Waals surface area contributed by atoms with E-state index in [2.05, 4.69) is 28.7 Å². The molecule has 1 N–H and O–H groups in total. The van der Waals surface area contributed by atoms with Crippen molar-refractivity contribution < 1.29 is 22.4 Å². The lowest BCUT2D eigenvalue weighted by Crippen LogP contribution is -2.14. The molecule has 2 aromatic carbocycles. The molecule has 1 aromatic heterocycles. The smallest absolute Gasteiger partial charge is 0.322 e. The first-order chi connectivity index (χ1) is 17.7. The number of aromatic nitrogens is 2. The van der Waals surface area contributed by atoms with Crippen LogP contribution in [0.3, 0.4) is 0 Å². The van der Waals surface area contributed by atoms with Crippen LogP contribution in [0.4, 0.5) is 23.2 Å². The third-order valence-electron chi connectivity index (χ3n) is 5.84. The van der Waals surface area contributed by atoms with Crippen LogP contribution >= 0.6 is 0 Å². The number of benzene rings is 2. The highest BCUT2D eigenvalue weighted by atomic mass is 19.4. The molecule has 0 aliphatic carbocycles. The van der Waals surface area contributed by atoms with Crippen molar-refractivity contribution in [2.45, 2.75) is 59.1 Å². The van der Waals surface area contributed by atoms with Gasteiger partial charge >= 0.3 is 6.18 Å². The predicted molar refractivity (Wildman–Crippen MR) is 140 cm³/mol. The molecule has 37 heavy (non-hydrogen) atoms. The van der Waals surface area contributed by atoms with E-state index < -0.39 is 23.5 Å². The molecule has 0 saturated carbocycles. The van der Waals surface area contributed by atoms with Crippen molar-refractivity contribution in [1.82, 2.24) is 9.55 Å². The van der Waals surface area contributed by atoms with Gasteiger partial charge in [-0.25, -0.2) is 9.37 Å². The topological polar surface area (TPSA) is 46.9 Å². The van der Waals surface area contributed by atoms with Gasteiger partial charge in [-0.05, 0) is 67.6 Å². The monoisotopic (exact) mass is 513 g/mol. The maximum absolute atomic E-state index is 13.7. The second kappa shape index (κ2) is 12.5. The SMILES string of the molecule is C/C=C\n1c(CC/C=C/c2cc(C(=O)Nc3cc(F)cc(C(F)(F)F)c3)ccc2CCC)cnc1CC. The van der Waals surface area contributed by atoms with E-state index in [0.29, 0.717) is 6.07 Å². The molecule has 1 heterocycles. The van der Waals surface area contributed by atoms with Crippen molar-refractivity contribution in [1.29, 1.82) is 0 Å². The molecule has 3 rings (SSSR count). The number of nitrogens with zero attached hydrogens (tertiary/aromatic N) is 2. The number of amides is 1. The fraction of sp³-hybridized carbons (Fsp3) is 0.310. The summed E-state index contributed by atoms with van der Waals surface area (Å²) in [4.78, 5) is 17.3. The number of imidazole rings is 1. The Morgan fingerprint density at radius 1 is 1.11 bits per heavy atom. The van der Waals surface area contributed by atoms with E-state index >= 15 is 0 Å². The van der Waals surface area contributed by atoms with Crippen molar-refractivity contribution in [2.75, 3.05) is 5.32 Å². The predicted octanol–water partition coefficient (Wildman–Crippen LogP) is 7.94. The molecule has 8 heteroatoms. The van der Waals surface area contributed by atoms with Crippen LogP contribution in [0.25, 0.3) is 12.3 Å². The van der Waals surface area contributed by atoms with Crippen molar-refractivity contribution in [2.24, 2.45) is 0 Å². The number of hydrogen-bond donors (Lipinski definition) is 1. The Balaban J connectivity index is 1.77. The van der Waals surface area contributed by atoms with Gasteiger partial charge in [0.15, 0.2) is 0 Å². The molecular weight excluding hydrogens is 482 g/mol. The van der Waals surface area contributed by atoms with Crippen LogP contribution in [0.1, 0.15) is 72.2 Å². The number of aryl methyl sites for hydroxylation is 3. The van der Waals surface area contributed by atoms with E-state index in [1.165, 1.54) is 0 Å². The average molecular weight is 514 g/mol. The number of anilines is 1. The first kappa shape index (κ1) is 27.9. The number of allylic oxidation sites excluding steroid dienone is 2. The summed E-state index contributed by atoms with van der Waals surface area (Å²) >= 11 is 0. The van der Waals surface area contributed by atoms with Gasteiger partial charge in [0, 0.05) is 35.8 Å². The van der Waals surface area contributed by atoms with Gasteiger partial charge in [0.2, 0.25) is 0 Å². The summed E-state index contributed by atoms with van der Waals surface area (Å²) < 4.78 is 54.9. The molecule has 0 fully saturated rings. The van der Waals surface area contributed by atoms with Gasteiger partial charge in [-0.2, -0.15) is 13.2 Å². The Bertz CT molecular complexity index is 1290. The second-order valence-electron chi connectivity index (χ2n) is 8.66. The van der Waals surface area contributed by atoms with Crippen LogP contribution < -0.4 is 5.32 Å². The summed E-state index contributed by atoms with van der Waals surface area (Å²) in [5.74, 6) is -0.686. The van der Waals surface area contributed by atoms with E-state index in [4.69, 9.17) is 0 Å². The highest BCUT2D eigenvalue weighted by Gasteiger charge is 2.31. The van der Waals surface area contributed by atoms with Crippen LogP contribution in [0.5, 0.6) is 0 Å². The van der Waals surface area contributed by atoms with Crippen molar-refractivity contribution in [3.8, 4) is 0 Å². The fourth-order valence-corrected chi connectivity index (χ4v) is 4.08. The Labute approximate surface area is 214 Å². The Hall–Kier alpha value is -3.68. The Kier molecular flexibility index (Phi) is 9.44. The Morgan fingerprint density at radius 3 is 2.57 bits per heavy atom. The molecule has 3 aromatic rings. The molecule has 196 valence electrons. The lowest BCUT2D eigenvalue weighted by molar-refractivity contribution is -0.137. The third-order valence-corrected chi connectivity index (χ3v) is 5.84. The first-order valence-electron chi connectivity index (χ1n) is 12.3. The normalized spacial score (nSPS) is 12.1. The molecule has 1 amide bonds. The maximum Gasteiger partial charge on any atom is 0.416 e. The van der Waals surface area contributed by atoms with Gasteiger partial charge in [0.25, 0.3) is 5.91 Å². The van der Waals surface area contributed by atoms with Gasteiger partial charge in [0.05, 0.1) is 5.56 Å². The lowest BCUT2D eigenvalue weighted by Gasteiger charge is -2.12. The third kappa shape index (κ3) is 7.41. The standard InChI is InChI=1S/C29H31F4N3O/c1-4-9-20-12-13-22(28(37)35-25-17-23(29(31,32)33)16-24(30)18-25)15-21(20)10-7-8-11-26-19-34-27(6-3)36(26)14-5-2/h5,7,10,12-19H,4,6,8-9,11H2,1-3H3,(H,35,37)/b10-7+,14-5-. The van der Waals surface area contributed by atoms with E-state index in [9.17, 15) is 22.4 Å². The van der Waals surface area contributed by atoms with E-state index in [0.717, 1.165) is 66.9 Å². The van der Waals surface area contributed by atoms with Gasteiger partial charge in [-0.1, -0.05) is 44.6 Å². The molecule has 0 aliphatic heterocycles. The van der Waals surface area contributed by atoms with Gasteiger partial charge in [-0.15, -0.1) is 0 Å². The van der Waals surface area contributed by atoms with E-state index in [1.54, 1.807) is 12.1 Å². The molecule has 0 saturated heterocycles. The summed E-state index contributed by atoms with van der Waals surface area (Å²) in [6.45, 7) is 6.09. The minimum Gasteiger partial charge on any atom is -0.322 e. The number of hydrogen-bond acceptors (Lipinski definition) is 2. The summed E-state index contributed by atoms with van der Waals surface area (Å²) in [7, 11) is 0. The van der Waals surface area contributed by atoms with Crippen LogP contribution in [0.2, 0.25) is 0 Å². The number of nitrogens with one attached hydrogen (secondary N) is 1. The molecule has 0 unspecified atom stereocenters. The second-order valence-corrected chi connectivity index (χ2v) is 8.66. The number of alkyl halides is 3. The number of halogens is 4. The molecule has 4 nitrogen and oxygen atoms in total. The molecule has 0 spiro atoms. The molecule has 0 bridgehead atoms. The van der Waals surface area contributed by atoms with Crippen LogP contribution in [-0.4, -0.2) is 15.5 Å². The van der Waals surface area contributed by atoms with E-state index in [1.807, 2.05) is 43.6 Å². The molecule has 0 radical (unpaired) electrons. The average Bonchev–Trinajstić information content (AvgIpc) is 3.23. The van der Waals surface area contributed by atoms with E-state index in [-0.39, 0.29) is 11.3 Å². The number of rotatable bonds is 10. The highest BCUT2D eigenvalue weighted by molar-refractivity contribution is 6.04.